The number of aryl methyl sites for hydroxylation is 1. The lowest BCUT2D eigenvalue weighted by Gasteiger charge is -2.00. The maximum absolute atomic E-state index is 11.6. The number of esters is 1. The molecule has 0 radical (unpaired) electrons. The highest BCUT2D eigenvalue weighted by Crippen LogP contribution is 2.07. The molecule has 0 aliphatic heterocycles. The number of carbonyl (C=O) groups excluding carboxylic acids is 1. The highest BCUT2D eigenvalue weighted by molar-refractivity contribution is 5.91. The van der Waals surface area contributed by atoms with E-state index in [2.05, 4.69) is 16.8 Å². The number of pyridine rings is 1. The summed E-state index contributed by atoms with van der Waals surface area (Å²) in [5.41, 5.74) is 2.84. The molecular formula is C16H13NO2. The average Bonchev–Trinajstić information content (AvgIpc) is 2.45. The van der Waals surface area contributed by atoms with Crippen molar-refractivity contribution in [2.75, 3.05) is 7.11 Å². The van der Waals surface area contributed by atoms with Gasteiger partial charge in [0.1, 0.15) is 5.69 Å². The molecule has 0 fully saturated rings. The molecule has 0 amide bonds. The second kappa shape index (κ2) is 5.83. The van der Waals surface area contributed by atoms with Crippen LogP contribution in [0, 0.1) is 18.8 Å². The van der Waals surface area contributed by atoms with Crippen LogP contribution in [0.25, 0.3) is 0 Å². The number of ether oxygens (including phenoxy) is 1. The maximum Gasteiger partial charge on any atom is 0.340 e. The van der Waals surface area contributed by atoms with Crippen molar-refractivity contribution in [3.63, 3.8) is 0 Å². The number of benzene rings is 1. The van der Waals surface area contributed by atoms with Crippen molar-refractivity contribution >= 4 is 5.97 Å². The van der Waals surface area contributed by atoms with E-state index in [4.69, 9.17) is 4.74 Å². The van der Waals surface area contributed by atoms with E-state index in [-0.39, 0.29) is 0 Å². The summed E-state index contributed by atoms with van der Waals surface area (Å²) in [6.07, 6.45) is 1.60. The van der Waals surface area contributed by atoms with Crippen LogP contribution >= 0.6 is 0 Å². The molecule has 1 heterocycles. The number of hydrogen-bond donors (Lipinski definition) is 0. The molecule has 0 saturated carbocycles. The molecular weight excluding hydrogens is 238 g/mol. The molecule has 0 unspecified atom stereocenters. The van der Waals surface area contributed by atoms with Crippen LogP contribution in [0.4, 0.5) is 0 Å². The van der Waals surface area contributed by atoms with Crippen molar-refractivity contribution in [2.24, 2.45) is 0 Å². The first kappa shape index (κ1) is 12.8. The molecule has 1 aromatic carbocycles. The molecule has 94 valence electrons. The Morgan fingerprint density at radius 1 is 1.21 bits per heavy atom. The van der Waals surface area contributed by atoms with Crippen LogP contribution in [0.3, 0.4) is 0 Å². The van der Waals surface area contributed by atoms with Crippen molar-refractivity contribution in [3.05, 3.63) is 65.0 Å². The van der Waals surface area contributed by atoms with Crippen LogP contribution in [-0.2, 0) is 4.74 Å². The summed E-state index contributed by atoms with van der Waals surface area (Å²) in [7, 11) is 1.34. The molecule has 1 aromatic heterocycles. The van der Waals surface area contributed by atoms with E-state index in [0.29, 0.717) is 11.3 Å². The summed E-state index contributed by atoms with van der Waals surface area (Å²) in [4.78, 5) is 15.7. The number of nitrogens with zero attached hydrogens (tertiary/aromatic N) is 1. The van der Waals surface area contributed by atoms with Gasteiger partial charge in [-0.3, -0.25) is 0 Å². The summed E-state index contributed by atoms with van der Waals surface area (Å²) in [5.74, 6) is 5.48. The molecule has 3 heteroatoms. The minimum Gasteiger partial charge on any atom is -0.465 e. The SMILES string of the molecule is COC(=O)c1cccnc1C#Cc1cccc(C)c1. The standard InChI is InChI=1S/C16H13NO2/c1-12-5-3-6-13(11-12)8-9-15-14(16(18)19-2)7-4-10-17-15/h3-7,10-11H,1-2H3. The lowest BCUT2D eigenvalue weighted by molar-refractivity contribution is 0.0600. The minimum absolute atomic E-state index is 0.380. The second-order valence-corrected chi connectivity index (χ2v) is 4.01. The summed E-state index contributed by atoms with van der Waals surface area (Å²) in [6.45, 7) is 2.01. The van der Waals surface area contributed by atoms with Gasteiger partial charge >= 0.3 is 5.97 Å². The highest BCUT2D eigenvalue weighted by Gasteiger charge is 2.10. The molecule has 0 saturated heterocycles. The molecule has 0 bridgehead atoms. The van der Waals surface area contributed by atoms with E-state index >= 15 is 0 Å². The molecule has 3 nitrogen and oxygen atoms in total. The van der Waals surface area contributed by atoms with Crippen molar-refractivity contribution in [1.82, 2.24) is 4.98 Å². The quantitative estimate of drug-likeness (QED) is 0.577. The van der Waals surface area contributed by atoms with Crippen LogP contribution in [0.2, 0.25) is 0 Å². The smallest absolute Gasteiger partial charge is 0.340 e. The van der Waals surface area contributed by atoms with Gasteiger partial charge in [0, 0.05) is 11.8 Å². The molecule has 0 atom stereocenters. The largest absolute Gasteiger partial charge is 0.465 e. The zero-order valence-electron chi connectivity index (χ0n) is 10.8. The highest BCUT2D eigenvalue weighted by atomic mass is 16.5. The molecule has 0 aliphatic carbocycles. The van der Waals surface area contributed by atoms with E-state index in [1.807, 2.05) is 31.2 Å². The van der Waals surface area contributed by atoms with Gasteiger partial charge in [-0.25, -0.2) is 9.78 Å². The van der Waals surface area contributed by atoms with Crippen molar-refractivity contribution in [1.29, 1.82) is 0 Å². The Morgan fingerprint density at radius 2 is 2.05 bits per heavy atom. The predicted molar refractivity (Wildman–Crippen MR) is 72.7 cm³/mol. The molecule has 0 spiro atoms. The van der Waals surface area contributed by atoms with Gasteiger partial charge in [-0.15, -0.1) is 0 Å². The van der Waals surface area contributed by atoms with Crippen molar-refractivity contribution in [2.45, 2.75) is 6.92 Å². The third-order valence-corrected chi connectivity index (χ3v) is 2.56. The van der Waals surface area contributed by atoms with Gasteiger partial charge in [0.2, 0.25) is 0 Å². The van der Waals surface area contributed by atoms with Gasteiger partial charge in [0.25, 0.3) is 0 Å². The van der Waals surface area contributed by atoms with Crippen molar-refractivity contribution < 1.29 is 9.53 Å². The van der Waals surface area contributed by atoms with Crippen LogP contribution in [0.5, 0.6) is 0 Å². The normalized spacial score (nSPS) is 9.37. The third kappa shape index (κ3) is 3.20. The number of aromatic nitrogens is 1. The van der Waals surface area contributed by atoms with Gasteiger partial charge in [-0.2, -0.15) is 0 Å². The van der Waals surface area contributed by atoms with Crippen LogP contribution in [0.15, 0.2) is 42.6 Å². The number of hydrogen-bond acceptors (Lipinski definition) is 3. The maximum atomic E-state index is 11.6. The van der Waals surface area contributed by atoms with Crippen molar-refractivity contribution in [3.8, 4) is 11.8 Å². The van der Waals surface area contributed by atoms with E-state index in [1.54, 1.807) is 18.3 Å². The number of rotatable bonds is 1. The number of methoxy groups -OCH3 is 1. The average molecular weight is 251 g/mol. The fraction of sp³-hybridized carbons (Fsp3) is 0.125. The van der Waals surface area contributed by atoms with E-state index in [1.165, 1.54) is 7.11 Å². The molecule has 0 aliphatic rings. The third-order valence-electron chi connectivity index (χ3n) is 2.56. The fourth-order valence-corrected chi connectivity index (χ4v) is 1.63. The van der Waals surface area contributed by atoms with E-state index in [9.17, 15) is 4.79 Å². The van der Waals surface area contributed by atoms with Crippen LogP contribution in [0.1, 0.15) is 27.2 Å². The monoisotopic (exact) mass is 251 g/mol. The van der Waals surface area contributed by atoms with Gasteiger partial charge in [-0.1, -0.05) is 18.1 Å². The Morgan fingerprint density at radius 3 is 2.79 bits per heavy atom. The molecule has 2 rings (SSSR count). The summed E-state index contributed by atoms with van der Waals surface area (Å²) < 4.78 is 4.70. The van der Waals surface area contributed by atoms with E-state index in [0.717, 1.165) is 11.1 Å². The molecule has 2 aromatic rings. The lowest BCUT2D eigenvalue weighted by Crippen LogP contribution is -2.05. The zero-order chi connectivity index (χ0) is 13.7. The first-order valence-electron chi connectivity index (χ1n) is 5.83. The van der Waals surface area contributed by atoms with Gasteiger partial charge in [0.15, 0.2) is 0 Å². The van der Waals surface area contributed by atoms with Gasteiger partial charge in [0.05, 0.1) is 12.7 Å². The Labute approximate surface area is 112 Å². The first-order chi connectivity index (χ1) is 9.20. The van der Waals surface area contributed by atoms with E-state index < -0.39 is 5.97 Å². The van der Waals surface area contributed by atoms with Gasteiger partial charge < -0.3 is 4.74 Å². The first-order valence-corrected chi connectivity index (χ1v) is 5.83. The predicted octanol–water partition coefficient (Wildman–Crippen LogP) is 2.58. The topological polar surface area (TPSA) is 39.2 Å². The number of carbonyl (C=O) groups is 1. The summed E-state index contributed by atoms with van der Waals surface area (Å²) in [5, 5.41) is 0. The summed E-state index contributed by atoms with van der Waals surface area (Å²) in [6, 6.07) is 11.2. The molecule has 19 heavy (non-hydrogen) atoms. The van der Waals surface area contributed by atoms with Crippen LogP contribution < -0.4 is 0 Å². The second-order valence-electron chi connectivity index (χ2n) is 4.01. The Bertz CT molecular complexity index is 666. The summed E-state index contributed by atoms with van der Waals surface area (Å²) >= 11 is 0. The molecule has 0 N–H and O–H groups in total. The Balaban J connectivity index is 2.37. The Hall–Kier alpha value is -2.60. The fourth-order valence-electron chi connectivity index (χ4n) is 1.63. The lowest BCUT2D eigenvalue weighted by atomic mass is 10.1. The van der Waals surface area contributed by atoms with Crippen LogP contribution in [-0.4, -0.2) is 18.1 Å². The van der Waals surface area contributed by atoms with Gasteiger partial charge in [-0.05, 0) is 42.7 Å². The zero-order valence-corrected chi connectivity index (χ0v) is 10.8. The minimum atomic E-state index is -0.429. The Kier molecular flexibility index (Phi) is 3.94.